The van der Waals surface area contributed by atoms with E-state index in [4.69, 9.17) is 5.73 Å². The first kappa shape index (κ1) is 15.5. The minimum atomic E-state index is -3.20. The zero-order valence-electron chi connectivity index (χ0n) is 10.9. The van der Waals surface area contributed by atoms with E-state index < -0.39 is 22.0 Å². The van der Waals surface area contributed by atoms with Crippen molar-refractivity contribution in [3.8, 4) is 0 Å². The summed E-state index contributed by atoms with van der Waals surface area (Å²) in [6.45, 7) is 1.81. The fourth-order valence-electron chi connectivity index (χ4n) is 1.47. The monoisotopic (exact) mass is 286 g/mol. The van der Waals surface area contributed by atoms with Gasteiger partial charge in [0.05, 0.1) is 17.8 Å². The van der Waals surface area contributed by atoms with Gasteiger partial charge in [-0.2, -0.15) is 0 Å². The van der Waals surface area contributed by atoms with Gasteiger partial charge in [0.15, 0.2) is 9.84 Å². The second kappa shape index (κ2) is 6.53. The van der Waals surface area contributed by atoms with Crippen molar-refractivity contribution in [1.82, 2.24) is 5.32 Å². The molecule has 0 aromatic heterocycles. The van der Waals surface area contributed by atoms with Crippen LogP contribution in [0.25, 0.3) is 0 Å². The zero-order chi connectivity index (χ0) is 14.5. The molecule has 106 valence electrons. The second-order valence-corrected chi connectivity index (χ2v) is 6.23. The number of sulfone groups is 1. The van der Waals surface area contributed by atoms with E-state index in [-0.39, 0.29) is 17.2 Å². The summed E-state index contributed by atoms with van der Waals surface area (Å²) in [7, 11) is -1.93. The molecule has 0 aliphatic rings. The zero-order valence-corrected chi connectivity index (χ0v) is 11.7. The molecule has 0 saturated carbocycles. The highest BCUT2D eigenvalue weighted by Gasteiger charge is 2.13. The van der Waals surface area contributed by atoms with Gasteiger partial charge in [-0.25, -0.2) is 13.2 Å². The molecular weight excluding hydrogens is 268 g/mol. The summed E-state index contributed by atoms with van der Waals surface area (Å²) >= 11 is 0. The van der Waals surface area contributed by atoms with Crippen LogP contribution >= 0.6 is 0 Å². The van der Waals surface area contributed by atoms with Crippen molar-refractivity contribution in [3.05, 3.63) is 29.8 Å². The second-order valence-electron chi connectivity index (χ2n) is 3.95. The van der Waals surface area contributed by atoms with E-state index in [9.17, 15) is 13.2 Å². The minimum absolute atomic E-state index is 0.0578. The molecule has 7 heteroatoms. The van der Waals surface area contributed by atoms with E-state index in [2.05, 4.69) is 10.1 Å². The van der Waals surface area contributed by atoms with Crippen molar-refractivity contribution in [3.63, 3.8) is 0 Å². The maximum absolute atomic E-state index is 11.6. The van der Waals surface area contributed by atoms with Gasteiger partial charge < -0.3 is 15.8 Å². The molecule has 6 nitrogen and oxygen atoms in total. The van der Waals surface area contributed by atoms with Crippen LogP contribution in [-0.2, 0) is 14.6 Å². The number of alkyl carbamates (subject to hydrolysis) is 1. The van der Waals surface area contributed by atoms with Crippen molar-refractivity contribution in [2.45, 2.75) is 17.9 Å². The van der Waals surface area contributed by atoms with Gasteiger partial charge in [0.2, 0.25) is 0 Å². The highest BCUT2D eigenvalue weighted by molar-refractivity contribution is 7.91. The summed E-state index contributed by atoms with van der Waals surface area (Å²) in [5.74, 6) is 0.0578. The lowest BCUT2D eigenvalue weighted by atomic mass is 10.1. The Morgan fingerprint density at radius 2 is 1.95 bits per heavy atom. The van der Waals surface area contributed by atoms with Gasteiger partial charge in [-0.3, -0.25) is 0 Å². The fraction of sp³-hybridized carbons (Fsp3) is 0.417. The molecule has 0 saturated heterocycles. The van der Waals surface area contributed by atoms with E-state index in [0.29, 0.717) is 0 Å². The van der Waals surface area contributed by atoms with Crippen LogP contribution in [0.5, 0.6) is 0 Å². The first-order chi connectivity index (χ1) is 8.90. The van der Waals surface area contributed by atoms with Crippen molar-refractivity contribution in [2.24, 2.45) is 5.73 Å². The summed E-state index contributed by atoms with van der Waals surface area (Å²) in [5.41, 5.74) is 6.61. The number of nitrogens with two attached hydrogens (primary N) is 1. The van der Waals surface area contributed by atoms with Gasteiger partial charge in [0, 0.05) is 12.6 Å². The van der Waals surface area contributed by atoms with Crippen LogP contribution in [0.2, 0.25) is 0 Å². The van der Waals surface area contributed by atoms with Gasteiger partial charge in [-0.1, -0.05) is 19.1 Å². The van der Waals surface area contributed by atoms with E-state index in [1.54, 1.807) is 19.1 Å². The molecule has 1 aromatic rings. The van der Waals surface area contributed by atoms with Crippen LogP contribution in [0.4, 0.5) is 4.79 Å². The third-order valence-electron chi connectivity index (χ3n) is 2.70. The van der Waals surface area contributed by atoms with Crippen LogP contribution in [0.3, 0.4) is 0 Å². The molecule has 0 bridgehead atoms. The minimum Gasteiger partial charge on any atom is -0.453 e. The van der Waals surface area contributed by atoms with Crippen LogP contribution < -0.4 is 11.1 Å². The number of benzene rings is 1. The number of carbonyl (C=O) groups is 1. The molecule has 0 fully saturated rings. The number of hydrogen-bond donors (Lipinski definition) is 2. The van der Waals surface area contributed by atoms with E-state index in [1.807, 2.05) is 0 Å². The molecule has 1 rings (SSSR count). The Labute approximate surface area is 112 Å². The summed E-state index contributed by atoms with van der Waals surface area (Å²) in [6.07, 6.45) is -0.555. The smallest absolute Gasteiger partial charge is 0.406 e. The Kier molecular flexibility index (Phi) is 5.31. The summed E-state index contributed by atoms with van der Waals surface area (Å²) < 4.78 is 27.7. The average Bonchev–Trinajstić information content (AvgIpc) is 2.44. The number of rotatable bonds is 5. The Balaban J connectivity index is 2.74. The van der Waals surface area contributed by atoms with Gasteiger partial charge >= 0.3 is 6.09 Å². The van der Waals surface area contributed by atoms with E-state index in [0.717, 1.165) is 5.56 Å². The third kappa shape index (κ3) is 4.22. The lowest BCUT2D eigenvalue weighted by Gasteiger charge is -2.13. The summed E-state index contributed by atoms with van der Waals surface area (Å²) in [5, 5.41) is 2.48. The maximum atomic E-state index is 11.6. The van der Waals surface area contributed by atoms with Crippen LogP contribution in [-0.4, -0.2) is 33.9 Å². The average molecular weight is 286 g/mol. The topological polar surface area (TPSA) is 98.5 Å². The molecule has 1 aromatic carbocycles. The number of methoxy groups -OCH3 is 1. The van der Waals surface area contributed by atoms with Gasteiger partial charge in [-0.05, 0) is 17.7 Å². The van der Waals surface area contributed by atoms with Gasteiger partial charge in [0.25, 0.3) is 0 Å². The van der Waals surface area contributed by atoms with Crippen molar-refractivity contribution >= 4 is 15.9 Å². The summed E-state index contributed by atoms with van der Waals surface area (Å²) in [4.78, 5) is 11.2. The van der Waals surface area contributed by atoms with Crippen molar-refractivity contribution in [1.29, 1.82) is 0 Å². The van der Waals surface area contributed by atoms with Crippen molar-refractivity contribution in [2.75, 3.05) is 19.4 Å². The highest BCUT2D eigenvalue weighted by Crippen LogP contribution is 2.15. The number of nitrogens with one attached hydrogen (secondary N) is 1. The lowest BCUT2D eigenvalue weighted by Crippen LogP contribution is -2.31. The van der Waals surface area contributed by atoms with Crippen molar-refractivity contribution < 1.29 is 17.9 Å². The molecule has 0 spiro atoms. The fourth-order valence-corrected chi connectivity index (χ4v) is 2.36. The lowest BCUT2D eigenvalue weighted by molar-refractivity contribution is 0.170. The standard InChI is InChI=1S/C12H18N2O4S/c1-3-19(16,17)10-6-4-9(5-7-10)11(13)8-14-12(15)18-2/h4-7,11H,3,8,13H2,1-2H3,(H,14,15)/t11-/m0/s1. The maximum Gasteiger partial charge on any atom is 0.406 e. The predicted molar refractivity (Wildman–Crippen MR) is 71.5 cm³/mol. The molecular formula is C12H18N2O4S. The predicted octanol–water partition coefficient (Wildman–Crippen LogP) is 0.836. The number of ether oxygens (including phenoxy) is 1. The largest absolute Gasteiger partial charge is 0.453 e. The first-order valence-corrected chi connectivity index (χ1v) is 7.46. The third-order valence-corrected chi connectivity index (χ3v) is 4.45. The van der Waals surface area contributed by atoms with E-state index in [1.165, 1.54) is 19.2 Å². The molecule has 0 aliphatic heterocycles. The molecule has 0 unspecified atom stereocenters. The Morgan fingerprint density at radius 1 is 1.37 bits per heavy atom. The number of hydrogen-bond acceptors (Lipinski definition) is 5. The van der Waals surface area contributed by atoms with Crippen LogP contribution in [0.15, 0.2) is 29.2 Å². The Hall–Kier alpha value is -1.60. The molecule has 1 atom stereocenters. The highest BCUT2D eigenvalue weighted by atomic mass is 32.2. The Bertz CT molecular complexity index is 525. The van der Waals surface area contributed by atoms with E-state index >= 15 is 0 Å². The first-order valence-electron chi connectivity index (χ1n) is 5.80. The molecule has 0 heterocycles. The molecule has 1 amide bonds. The molecule has 3 N–H and O–H groups in total. The quantitative estimate of drug-likeness (QED) is 0.835. The number of amides is 1. The molecule has 0 aliphatic carbocycles. The molecule has 19 heavy (non-hydrogen) atoms. The Morgan fingerprint density at radius 3 is 2.42 bits per heavy atom. The van der Waals surface area contributed by atoms with Gasteiger partial charge in [0.1, 0.15) is 0 Å². The van der Waals surface area contributed by atoms with Gasteiger partial charge in [-0.15, -0.1) is 0 Å². The van der Waals surface area contributed by atoms with Crippen LogP contribution in [0, 0.1) is 0 Å². The number of carbonyl (C=O) groups excluding carboxylic acids is 1. The van der Waals surface area contributed by atoms with Crippen LogP contribution in [0.1, 0.15) is 18.5 Å². The normalized spacial score (nSPS) is 12.8. The molecule has 0 radical (unpaired) electrons. The summed E-state index contributed by atoms with van der Waals surface area (Å²) in [6, 6.07) is 5.91. The SMILES string of the molecule is CCS(=O)(=O)c1ccc([C@@H](N)CNC(=O)OC)cc1.